The summed E-state index contributed by atoms with van der Waals surface area (Å²) in [4.78, 5) is 20.1. The first-order valence-corrected chi connectivity index (χ1v) is 6.76. The molecule has 0 heterocycles. The number of nitrogens with one attached hydrogen (secondary N) is 1. The predicted molar refractivity (Wildman–Crippen MR) is 77.3 cm³/mol. The molecule has 0 aromatic rings. The highest BCUT2D eigenvalue weighted by molar-refractivity contribution is 5.72. The van der Waals surface area contributed by atoms with Crippen LogP contribution >= 0.6 is 0 Å². The van der Waals surface area contributed by atoms with Crippen molar-refractivity contribution < 1.29 is 19.8 Å². The lowest BCUT2D eigenvalue weighted by Gasteiger charge is -2.03. The van der Waals surface area contributed by atoms with Crippen LogP contribution in [-0.2, 0) is 9.59 Å². The van der Waals surface area contributed by atoms with Crippen LogP contribution in [0.3, 0.4) is 0 Å². The van der Waals surface area contributed by atoms with Gasteiger partial charge in [0.05, 0.1) is 6.54 Å². The molecule has 0 aromatic carbocycles. The zero-order valence-corrected chi connectivity index (χ0v) is 11.9. The monoisotopic (exact) mass is 292 g/mol. The van der Waals surface area contributed by atoms with Gasteiger partial charge in [-0.25, -0.2) is 0 Å². The molecule has 0 bridgehead atoms. The Morgan fingerprint density at radius 1 is 1.00 bits per heavy atom. The summed E-state index contributed by atoms with van der Waals surface area (Å²) in [7, 11) is 0. The van der Waals surface area contributed by atoms with E-state index in [-0.39, 0.29) is 6.54 Å². The summed E-state index contributed by atoms with van der Waals surface area (Å²) in [5, 5.41) is 19.3. The number of aliphatic carboxylic acids is 2. The maximum atomic E-state index is 10.1. The topological polar surface area (TPSA) is 165 Å². The van der Waals surface area contributed by atoms with E-state index in [9.17, 15) is 9.59 Å². The summed E-state index contributed by atoms with van der Waals surface area (Å²) >= 11 is 0. The lowest BCUT2D eigenvalue weighted by atomic mass is 10.1. The van der Waals surface area contributed by atoms with Crippen molar-refractivity contribution in [3.05, 3.63) is 0 Å². The van der Waals surface area contributed by atoms with Gasteiger partial charge in [0, 0.05) is 0 Å². The van der Waals surface area contributed by atoms with Gasteiger partial charge in [0.25, 0.3) is 0 Å². The van der Waals surface area contributed by atoms with Crippen LogP contribution in [-0.4, -0.2) is 54.4 Å². The van der Waals surface area contributed by atoms with Crippen LogP contribution in [0, 0.1) is 0 Å². The minimum Gasteiger partial charge on any atom is -0.480 e. The van der Waals surface area contributed by atoms with E-state index in [4.69, 9.17) is 27.4 Å². The Kier molecular flexibility index (Phi) is 16.7. The fraction of sp³-hybridized carbons (Fsp3) is 0.833. The van der Waals surface area contributed by atoms with Gasteiger partial charge in [-0.05, 0) is 45.3 Å². The molecular weight excluding hydrogens is 264 g/mol. The number of carboxylic acid groups (broad SMARTS) is 2. The SMILES string of the molecule is NCCCCC(N)C(=O)O.NCCCCNCC(=O)O. The number of rotatable bonds is 11. The van der Waals surface area contributed by atoms with Gasteiger partial charge in [-0.15, -0.1) is 0 Å². The molecular formula is C12H28N4O4. The van der Waals surface area contributed by atoms with Gasteiger partial charge in [0.15, 0.2) is 0 Å². The molecule has 0 fully saturated rings. The number of hydrogen-bond donors (Lipinski definition) is 6. The molecule has 0 aromatic heterocycles. The third-order valence-corrected chi connectivity index (χ3v) is 2.37. The van der Waals surface area contributed by atoms with Crippen molar-refractivity contribution in [2.75, 3.05) is 26.2 Å². The predicted octanol–water partition coefficient (Wildman–Crippen LogP) is -1.07. The molecule has 0 amide bonds. The molecule has 1 atom stereocenters. The van der Waals surface area contributed by atoms with Crippen LogP contribution in [0.1, 0.15) is 32.1 Å². The lowest BCUT2D eigenvalue weighted by molar-refractivity contribution is -0.139. The van der Waals surface area contributed by atoms with Gasteiger partial charge in [0.2, 0.25) is 0 Å². The molecule has 0 aliphatic heterocycles. The van der Waals surface area contributed by atoms with E-state index >= 15 is 0 Å². The second-order valence-electron chi connectivity index (χ2n) is 4.30. The number of nitrogens with two attached hydrogens (primary N) is 3. The van der Waals surface area contributed by atoms with Crippen LogP contribution in [0.15, 0.2) is 0 Å². The van der Waals surface area contributed by atoms with Gasteiger partial charge >= 0.3 is 11.9 Å². The fourth-order valence-corrected chi connectivity index (χ4v) is 1.22. The third kappa shape index (κ3) is 19.1. The Bertz CT molecular complexity index is 252. The van der Waals surface area contributed by atoms with E-state index in [1.807, 2.05) is 0 Å². The first-order valence-electron chi connectivity index (χ1n) is 6.76. The Balaban J connectivity index is 0. The normalized spacial score (nSPS) is 11.3. The molecule has 0 aliphatic rings. The third-order valence-electron chi connectivity index (χ3n) is 2.37. The second kappa shape index (κ2) is 15.8. The number of carboxylic acids is 2. The molecule has 0 saturated carbocycles. The van der Waals surface area contributed by atoms with E-state index in [1.54, 1.807) is 0 Å². The van der Waals surface area contributed by atoms with E-state index in [0.29, 0.717) is 19.5 Å². The highest BCUT2D eigenvalue weighted by Gasteiger charge is 2.09. The Morgan fingerprint density at radius 2 is 1.55 bits per heavy atom. The minimum absolute atomic E-state index is 0.0462. The van der Waals surface area contributed by atoms with Crippen molar-refractivity contribution in [3.63, 3.8) is 0 Å². The summed E-state index contributed by atoms with van der Waals surface area (Å²) in [6.07, 6.45) is 4.06. The number of unbranched alkanes of at least 4 members (excludes halogenated alkanes) is 2. The van der Waals surface area contributed by atoms with Crippen molar-refractivity contribution in [1.29, 1.82) is 0 Å². The average Bonchev–Trinajstić information content (AvgIpc) is 2.39. The van der Waals surface area contributed by atoms with Crippen molar-refractivity contribution in [1.82, 2.24) is 5.32 Å². The molecule has 8 heteroatoms. The number of hydrogen-bond acceptors (Lipinski definition) is 6. The molecule has 9 N–H and O–H groups in total. The standard InChI is InChI=1S/2C6H14N2O2/c7-3-1-2-4-8-5-6(9)10;7-4-2-1-3-5(8)6(9)10/h8H,1-5,7H2,(H,9,10);5H,1-4,7-8H2,(H,9,10). The molecule has 20 heavy (non-hydrogen) atoms. The van der Waals surface area contributed by atoms with E-state index < -0.39 is 18.0 Å². The van der Waals surface area contributed by atoms with Crippen LogP contribution in [0.4, 0.5) is 0 Å². The Morgan fingerprint density at radius 3 is 2.00 bits per heavy atom. The van der Waals surface area contributed by atoms with Crippen molar-refractivity contribution in [2.24, 2.45) is 17.2 Å². The molecule has 0 radical (unpaired) electrons. The Labute approximate surface area is 119 Å². The molecule has 0 saturated heterocycles. The molecule has 0 rings (SSSR count). The molecule has 0 aliphatic carbocycles. The van der Waals surface area contributed by atoms with E-state index in [2.05, 4.69) is 5.32 Å². The highest BCUT2D eigenvalue weighted by atomic mass is 16.4. The quantitative estimate of drug-likeness (QED) is 0.262. The van der Waals surface area contributed by atoms with Gasteiger partial charge in [-0.1, -0.05) is 6.42 Å². The maximum absolute atomic E-state index is 10.1. The second-order valence-corrected chi connectivity index (χ2v) is 4.30. The molecule has 120 valence electrons. The highest BCUT2D eigenvalue weighted by Crippen LogP contribution is 1.96. The smallest absolute Gasteiger partial charge is 0.320 e. The Hall–Kier alpha value is -1.22. The molecule has 1 unspecified atom stereocenters. The van der Waals surface area contributed by atoms with Crippen molar-refractivity contribution in [2.45, 2.75) is 38.1 Å². The number of carbonyl (C=O) groups is 2. The zero-order valence-electron chi connectivity index (χ0n) is 11.9. The van der Waals surface area contributed by atoms with Gasteiger partial charge in [-0.2, -0.15) is 0 Å². The van der Waals surface area contributed by atoms with Gasteiger partial charge in [0.1, 0.15) is 6.04 Å². The minimum atomic E-state index is -0.933. The average molecular weight is 292 g/mol. The van der Waals surface area contributed by atoms with Crippen molar-refractivity contribution in [3.8, 4) is 0 Å². The summed E-state index contributed by atoms with van der Waals surface area (Å²) in [6.45, 7) is 2.06. The summed E-state index contributed by atoms with van der Waals surface area (Å²) in [5.74, 6) is -1.75. The van der Waals surface area contributed by atoms with Crippen molar-refractivity contribution >= 4 is 11.9 Å². The van der Waals surface area contributed by atoms with Crippen LogP contribution in [0.25, 0.3) is 0 Å². The van der Waals surface area contributed by atoms with Gasteiger partial charge < -0.3 is 32.7 Å². The molecule has 0 spiro atoms. The van der Waals surface area contributed by atoms with Crippen LogP contribution in [0.5, 0.6) is 0 Å². The fourth-order valence-electron chi connectivity index (χ4n) is 1.22. The van der Waals surface area contributed by atoms with Gasteiger partial charge in [-0.3, -0.25) is 9.59 Å². The summed E-state index contributed by atoms with van der Waals surface area (Å²) in [5.41, 5.74) is 15.6. The van der Waals surface area contributed by atoms with Crippen LogP contribution < -0.4 is 22.5 Å². The van der Waals surface area contributed by atoms with E-state index in [1.165, 1.54) is 0 Å². The van der Waals surface area contributed by atoms with Crippen LogP contribution in [0.2, 0.25) is 0 Å². The van der Waals surface area contributed by atoms with E-state index in [0.717, 1.165) is 32.2 Å². The maximum Gasteiger partial charge on any atom is 0.320 e. The summed E-state index contributed by atoms with van der Waals surface area (Å²) in [6, 6.07) is -0.716. The first-order chi connectivity index (χ1) is 9.45. The largest absolute Gasteiger partial charge is 0.480 e. The first kappa shape index (κ1) is 21.1. The zero-order chi connectivity index (χ0) is 15.8. The molecule has 8 nitrogen and oxygen atoms in total. The summed E-state index contributed by atoms with van der Waals surface area (Å²) < 4.78 is 0. The lowest BCUT2D eigenvalue weighted by Crippen LogP contribution is -2.29.